The van der Waals surface area contributed by atoms with E-state index < -0.39 is 30.2 Å². The minimum Gasteiger partial charge on any atom is -0.381 e. The predicted molar refractivity (Wildman–Crippen MR) is 167 cm³/mol. The Bertz CT molecular complexity index is 1770. The summed E-state index contributed by atoms with van der Waals surface area (Å²) in [6.07, 6.45) is 1.60. The van der Waals surface area contributed by atoms with E-state index in [1.54, 1.807) is 42.6 Å². The van der Waals surface area contributed by atoms with Crippen LogP contribution in [0.1, 0.15) is 28.5 Å². The Morgan fingerprint density at radius 3 is 2.36 bits per heavy atom. The Hall–Kier alpha value is -4.81. The van der Waals surface area contributed by atoms with E-state index >= 15 is 0 Å². The molecule has 0 saturated heterocycles. The molecule has 14 heteroatoms. The van der Waals surface area contributed by atoms with Crippen molar-refractivity contribution in [3.63, 3.8) is 0 Å². The number of carbonyl (C=O) groups excluding carboxylic acids is 2. The van der Waals surface area contributed by atoms with Crippen molar-refractivity contribution in [1.82, 2.24) is 14.6 Å². The molecule has 12 nitrogen and oxygen atoms in total. The number of aromatic nitrogens is 3. The Labute approximate surface area is 260 Å². The van der Waals surface area contributed by atoms with E-state index in [4.69, 9.17) is 13.9 Å². The third-order valence-electron chi connectivity index (χ3n) is 6.26. The number of carbonyl (C=O) groups is 2. The summed E-state index contributed by atoms with van der Waals surface area (Å²) in [5.74, 6) is -1.23. The Morgan fingerprint density at radius 2 is 1.77 bits per heavy atom. The molecule has 0 atom stereocenters. The van der Waals surface area contributed by atoms with Crippen LogP contribution in [0.4, 0.5) is 11.4 Å². The van der Waals surface area contributed by atoms with Gasteiger partial charge in [0.1, 0.15) is 5.69 Å². The first-order valence-electron chi connectivity index (χ1n) is 13.1. The zero-order valence-corrected chi connectivity index (χ0v) is 26.1. The molecule has 2 amide bonds. The molecule has 5 aromatic rings. The fourth-order valence-corrected chi connectivity index (χ4v) is 5.83. The van der Waals surface area contributed by atoms with Crippen LogP contribution in [0.2, 0.25) is 0 Å². The van der Waals surface area contributed by atoms with Crippen molar-refractivity contribution < 1.29 is 26.6 Å². The quantitative estimate of drug-likeness (QED) is 0.145. The molecule has 6 N–H and O–H groups in total. The van der Waals surface area contributed by atoms with Crippen LogP contribution in [-0.4, -0.2) is 53.9 Å². The van der Waals surface area contributed by atoms with Crippen LogP contribution in [0, 0.1) is 0 Å². The van der Waals surface area contributed by atoms with E-state index in [9.17, 15) is 18.4 Å². The second-order valence-electron chi connectivity index (χ2n) is 9.43. The van der Waals surface area contributed by atoms with Gasteiger partial charge in [-0.1, -0.05) is 34.8 Å². The zero-order valence-electron chi connectivity index (χ0n) is 23.4. The summed E-state index contributed by atoms with van der Waals surface area (Å²) < 4.78 is 33.0. The molecule has 44 heavy (non-hydrogen) atoms. The van der Waals surface area contributed by atoms with Gasteiger partial charge in [0.25, 0.3) is 0 Å². The summed E-state index contributed by atoms with van der Waals surface area (Å²) in [5.41, 5.74) is 10.7. The van der Waals surface area contributed by atoms with Gasteiger partial charge in [0.05, 0.1) is 0 Å². The largest absolute Gasteiger partial charge is 0.381 e. The van der Waals surface area contributed by atoms with Gasteiger partial charge in [-0.05, 0) is 35.3 Å². The van der Waals surface area contributed by atoms with Crippen molar-refractivity contribution in [2.24, 2.45) is 5.73 Å². The maximum atomic E-state index is 11.8. The molecule has 0 aliphatic heterocycles. The molecule has 0 bridgehead atoms. The van der Waals surface area contributed by atoms with E-state index in [1.165, 1.54) is 35.5 Å². The van der Waals surface area contributed by atoms with Crippen LogP contribution in [0.3, 0.4) is 0 Å². The maximum absolute atomic E-state index is 11.8. The first kappa shape index (κ1) is 32.1. The van der Waals surface area contributed by atoms with E-state index in [-0.39, 0.29) is 12.5 Å². The average molecular weight is 677 g/mol. The smallest absolute Gasteiger partial charge is 0.248 e. The molecule has 2 heterocycles. The molecule has 3 aromatic carbocycles. The molecule has 0 spiro atoms. The molecule has 0 fully saturated rings. The summed E-state index contributed by atoms with van der Waals surface area (Å²) in [5, 5.41) is 19.0. The van der Waals surface area contributed by atoms with Gasteiger partial charge < -0.3 is 11.1 Å². The average Bonchev–Trinajstić information content (AvgIpc) is 3.55. The minimum atomic E-state index is -5.20. The summed E-state index contributed by atoms with van der Waals surface area (Å²) in [4.78, 5) is 28.5. The number of hydrogen-bond acceptors (Lipinski definition) is 9. The van der Waals surface area contributed by atoms with Crippen molar-refractivity contribution in [1.29, 1.82) is 0 Å². The summed E-state index contributed by atoms with van der Waals surface area (Å²) in [7, 11) is 0. The standard InChI is InChI=1S/C16H14N4OS.C14H15AsN2O5/c17-16(21)13-2-1-3-14(8-13)18-9-11-4-6-12(7-5-11)15-10-22-20-19-15;1-10(18)17(9-11-4-2-3-7-16-11)12-5-6-13(14(19)8-12)15(20,21)22/h1-8,10,18H,9H2,(H2,17,21);2-8,19H,9H2,1H3,(H2,20,21,22). The molecule has 0 radical (unpaired) electrons. The Balaban J connectivity index is 0.000000201. The number of nitrogens with zero attached hydrogens (tertiary/aromatic N) is 4. The first-order chi connectivity index (χ1) is 21.0. The number of nitrogens with two attached hydrogens (primary N) is 1. The number of rotatable bonds is 9. The number of primary amides is 1. The molecule has 0 aliphatic carbocycles. The zero-order chi connectivity index (χ0) is 31.7. The normalized spacial score (nSPS) is 10.8. The first-order valence-corrected chi connectivity index (χ1v) is 17.3. The van der Waals surface area contributed by atoms with E-state index in [2.05, 4.69) is 19.9 Å². The molecular formula is C30H29AsN6O6S. The van der Waals surface area contributed by atoms with Gasteiger partial charge in [-0.15, -0.1) is 5.10 Å². The van der Waals surface area contributed by atoms with Gasteiger partial charge in [-0.2, -0.15) is 0 Å². The number of benzene rings is 3. The predicted octanol–water partition coefficient (Wildman–Crippen LogP) is 2.82. The third kappa shape index (κ3) is 8.85. The van der Waals surface area contributed by atoms with Crippen LogP contribution in [-0.2, 0) is 21.6 Å². The van der Waals surface area contributed by atoms with E-state index in [0.717, 1.165) is 28.6 Å². The van der Waals surface area contributed by atoms with Gasteiger partial charge in [-0.3, -0.25) is 4.79 Å². The summed E-state index contributed by atoms with van der Waals surface area (Å²) >= 11 is -3.86. The Kier molecular flexibility index (Phi) is 10.6. The van der Waals surface area contributed by atoms with Crippen LogP contribution in [0.5, 0.6) is 5.75 Å². The fourth-order valence-electron chi connectivity index (χ4n) is 4.03. The van der Waals surface area contributed by atoms with Crippen LogP contribution >= 0.6 is 11.5 Å². The molecule has 2 aromatic heterocycles. The van der Waals surface area contributed by atoms with Crippen LogP contribution in [0.15, 0.2) is 96.5 Å². The van der Waals surface area contributed by atoms with Gasteiger partial charge in [0.15, 0.2) is 0 Å². The van der Waals surface area contributed by atoms with Crippen molar-refractivity contribution >= 4 is 53.2 Å². The number of anilines is 2. The number of phenolic OH excluding ortho intramolecular Hbond substituents is 1. The number of hydrogen-bond donors (Lipinski definition) is 5. The van der Waals surface area contributed by atoms with Gasteiger partial charge in [-0.25, -0.2) is 0 Å². The topological polar surface area (TPSA) is 192 Å². The third-order valence-corrected chi connectivity index (χ3v) is 8.88. The second-order valence-corrected chi connectivity index (χ2v) is 13.3. The van der Waals surface area contributed by atoms with Crippen LogP contribution < -0.4 is 20.3 Å². The van der Waals surface area contributed by atoms with Crippen molar-refractivity contribution in [3.8, 4) is 17.0 Å². The molecule has 0 unspecified atom stereocenters. The van der Waals surface area contributed by atoms with E-state index in [1.807, 2.05) is 35.7 Å². The number of aromatic hydroxyl groups is 1. The minimum absolute atomic E-state index is 0.190. The molecule has 0 saturated carbocycles. The summed E-state index contributed by atoms with van der Waals surface area (Å²) in [6, 6.07) is 24.3. The summed E-state index contributed by atoms with van der Waals surface area (Å²) in [6.45, 7) is 2.22. The molecule has 226 valence electrons. The molecule has 5 rings (SSSR count). The van der Waals surface area contributed by atoms with Gasteiger partial charge in [0, 0.05) is 28.7 Å². The van der Waals surface area contributed by atoms with Crippen molar-refractivity contribution in [3.05, 3.63) is 113 Å². The number of nitrogens with one attached hydrogen (secondary N) is 1. The van der Waals surface area contributed by atoms with Gasteiger partial charge in [0.2, 0.25) is 5.91 Å². The maximum Gasteiger partial charge on any atom is 0.248 e. The monoisotopic (exact) mass is 676 g/mol. The van der Waals surface area contributed by atoms with Crippen molar-refractivity contribution in [2.75, 3.05) is 10.2 Å². The number of pyridine rings is 1. The number of phenols is 1. The molecular weight excluding hydrogens is 647 g/mol. The fraction of sp³-hybridized carbons (Fsp3) is 0.100. The second kappa shape index (κ2) is 14.6. The SMILES string of the molecule is CC(=O)N(Cc1ccccn1)c1ccc([As](=O)(O)O)c(O)c1.NC(=O)c1cccc(NCc2ccc(-c3csnn3)cc2)c1. The molecule has 0 aliphatic rings. The Morgan fingerprint density at radius 1 is 1.00 bits per heavy atom. The van der Waals surface area contributed by atoms with Crippen molar-refractivity contribution in [2.45, 2.75) is 20.0 Å². The van der Waals surface area contributed by atoms with E-state index in [0.29, 0.717) is 23.5 Å². The van der Waals surface area contributed by atoms with Gasteiger partial charge >= 0.3 is 129 Å². The number of amides is 2. The van der Waals surface area contributed by atoms with Crippen LogP contribution in [0.25, 0.3) is 11.3 Å².